The molecule has 2 aliphatic heterocycles. The number of pyridine rings is 1. The van der Waals surface area contributed by atoms with Gasteiger partial charge in [0.15, 0.2) is 0 Å². The van der Waals surface area contributed by atoms with Crippen molar-refractivity contribution in [2.75, 3.05) is 19.6 Å². The van der Waals surface area contributed by atoms with Crippen molar-refractivity contribution in [2.24, 2.45) is 11.8 Å². The molecule has 5 heterocycles. The van der Waals surface area contributed by atoms with Gasteiger partial charge >= 0.3 is 0 Å². The molecule has 2 N–H and O–H groups in total. The smallest absolute Gasteiger partial charge is 0.137 e. The molecule has 0 spiro atoms. The number of para-hydroxylation sites is 1. The lowest BCUT2D eigenvalue weighted by Gasteiger charge is -2.42. The third kappa shape index (κ3) is 3.69. The third-order valence-corrected chi connectivity index (χ3v) is 8.45. The highest BCUT2D eigenvalue weighted by Crippen LogP contribution is 2.46. The topological polar surface area (TPSA) is 51.0 Å². The first-order chi connectivity index (χ1) is 16.8. The molecule has 1 aromatic carbocycles. The van der Waals surface area contributed by atoms with Crippen molar-refractivity contribution in [1.29, 1.82) is 0 Å². The summed E-state index contributed by atoms with van der Waals surface area (Å²) in [5.74, 6) is 1.85. The first-order valence-electron chi connectivity index (χ1n) is 13.1. The van der Waals surface area contributed by atoms with Gasteiger partial charge in [-0.2, -0.15) is 0 Å². The van der Waals surface area contributed by atoms with E-state index in [1.807, 2.05) is 6.20 Å². The molecule has 6 heteroatoms. The summed E-state index contributed by atoms with van der Waals surface area (Å²) in [5.41, 5.74) is 5.77. The normalized spacial score (nSPS) is 27.0. The Morgan fingerprint density at radius 3 is 2.74 bits per heavy atom. The van der Waals surface area contributed by atoms with Gasteiger partial charge in [0.25, 0.3) is 0 Å². The number of piperidine rings is 1. The summed E-state index contributed by atoms with van der Waals surface area (Å²) in [6.07, 6.45) is 6.45. The summed E-state index contributed by atoms with van der Waals surface area (Å²) in [6.45, 7) is 9.40. The van der Waals surface area contributed by atoms with Gasteiger partial charge in [0.1, 0.15) is 11.3 Å². The number of H-pyrrole nitrogens is 2. The van der Waals surface area contributed by atoms with E-state index in [0.29, 0.717) is 6.54 Å². The lowest BCUT2D eigenvalue weighted by Crippen LogP contribution is -2.47. The summed E-state index contributed by atoms with van der Waals surface area (Å²) >= 11 is 0. The number of rotatable bonds is 5. The second kappa shape index (κ2) is 7.65. The average Bonchev–Trinajstić information content (AvgIpc) is 3.12. The van der Waals surface area contributed by atoms with Crippen molar-refractivity contribution in [1.82, 2.24) is 24.8 Å². The van der Waals surface area contributed by atoms with Crippen molar-refractivity contribution >= 4 is 21.9 Å². The molecule has 2 fully saturated rings. The Morgan fingerprint density at radius 1 is 1.14 bits per heavy atom. The zero-order chi connectivity index (χ0) is 23.9. The zero-order valence-electron chi connectivity index (χ0n) is 20.8. The minimum atomic E-state index is -1.29. The van der Waals surface area contributed by atoms with Crippen LogP contribution < -0.4 is 0 Å². The molecule has 3 aromatic heterocycles. The fourth-order valence-electron chi connectivity index (χ4n) is 6.78. The number of likely N-dealkylation sites (tertiary alicyclic amines) is 1. The number of fused-ring (bicyclic) bond motifs is 5. The van der Waals surface area contributed by atoms with E-state index in [2.05, 4.69) is 63.2 Å². The number of hydrogen-bond acceptors (Lipinski definition) is 3. The van der Waals surface area contributed by atoms with Gasteiger partial charge in [-0.15, -0.1) is 0 Å². The molecule has 0 radical (unpaired) electrons. The highest BCUT2D eigenvalue weighted by atomic mass is 19.1. The van der Waals surface area contributed by atoms with Gasteiger partial charge in [0, 0.05) is 72.2 Å². The SMILES string of the molecule is C[C@@H]1Cc2c([nH]c3ccccc23)[C@@H](c2c[nH]c3ncc(CN4CC5CC5C4)cc23)N1CC(C)(C)F. The van der Waals surface area contributed by atoms with Gasteiger partial charge < -0.3 is 9.97 Å². The Kier molecular flexibility index (Phi) is 4.71. The van der Waals surface area contributed by atoms with Gasteiger partial charge in [0.05, 0.1) is 6.04 Å². The zero-order valence-corrected chi connectivity index (χ0v) is 20.8. The lowest BCUT2D eigenvalue weighted by molar-refractivity contribution is 0.0672. The number of nitrogens with one attached hydrogen (secondary N) is 2. The van der Waals surface area contributed by atoms with E-state index in [1.165, 1.54) is 47.3 Å². The maximum absolute atomic E-state index is 15.1. The van der Waals surface area contributed by atoms with Crippen LogP contribution in [-0.2, 0) is 13.0 Å². The standard InChI is InChI=1S/C29H34FN5/c1-17-8-22-21-6-4-5-7-25(21)33-26(22)27(35(17)16-29(2,3)30)24-12-32-28-23(24)9-18(11-31-28)13-34-14-19-10-20(19)15-34/h4-7,9,11-12,17,19-20,27,33H,8,10,13-16H2,1-3H3,(H,31,32)/t17-,19?,20?,27-/m1/s1. The molecular formula is C29H34FN5. The van der Waals surface area contributed by atoms with E-state index >= 15 is 4.39 Å². The number of nitrogens with zero attached hydrogens (tertiary/aromatic N) is 3. The van der Waals surface area contributed by atoms with Gasteiger partial charge in [-0.25, -0.2) is 9.37 Å². The summed E-state index contributed by atoms with van der Waals surface area (Å²) in [6, 6.07) is 11.0. The molecule has 1 aliphatic carbocycles. The summed E-state index contributed by atoms with van der Waals surface area (Å²) in [7, 11) is 0. The molecule has 4 atom stereocenters. The second-order valence-corrected chi connectivity index (χ2v) is 11.8. The molecule has 1 saturated carbocycles. The minimum Gasteiger partial charge on any atom is -0.357 e. The van der Waals surface area contributed by atoms with E-state index in [-0.39, 0.29) is 12.1 Å². The van der Waals surface area contributed by atoms with E-state index < -0.39 is 5.67 Å². The van der Waals surface area contributed by atoms with Crippen molar-refractivity contribution in [2.45, 2.75) is 57.9 Å². The first-order valence-corrected chi connectivity index (χ1v) is 13.1. The predicted molar refractivity (Wildman–Crippen MR) is 138 cm³/mol. The molecule has 4 aromatic rings. The molecular weight excluding hydrogens is 437 g/mol. The highest BCUT2D eigenvalue weighted by molar-refractivity contribution is 5.87. The van der Waals surface area contributed by atoms with Crippen LogP contribution in [-0.4, -0.2) is 56.1 Å². The van der Waals surface area contributed by atoms with E-state index in [4.69, 9.17) is 4.98 Å². The third-order valence-electron chi connectivity index (χ3n) is 8.45. The van der Waals surface area contributed by atoms with Crippen molar-refractivity contribution in [3.63, 3.8) is 0 Å². The number of hydrogen-bond donors (Lipinski definition) is 2. The molecule has 182 valence electrons. The van der Waals surface area contributed by atoms with Gasteiger partial charge in [0.2, 0.25) is 0 Å². The van der Waals surface area contributed by atoms with Crippen LogP contribution in [0.3, 0.4) is 0 Å². The number of benzene rings is 1. The monoisotopic (exact) mass is 471 g/mol. The van der Waals surface area contributed by atoms with E-state index in [1.54, 1.807) is 13.8 Å². The van der Waals surface area contributed by atoms with E-state index in [9.17, 15) is 0 Å². The lowest BCUT2D eigenvalue weighted by atomic mass is 9.87. The van der Waals surface area contributed by atoms with Crippen LogP contribution in [0.25, 0.3) is 21.9 Å². The number of alkyl halides is 1. The summed E-state index contributed by atoms with van der Waals surface area (Å²) in [4.78, 5) is 16.9. The Bertz CT molecular complexity index is 1400. The van der Waals surface area contributed by atoms with Gasteiger partial charge in [-0.05, 0) is 68.7 Å². The molecule has 7 rings (SSSR count). The average molecular weight is 472 g/mol. The van der Waals surface area contributed by atoms with Crippen molar-refractivity contribution in [3.05, 3.63) is 65.1 Å². The van der Waals surface area contributed by atoms with Crippen LogP contribution in [0.4, 0.5) is 4.39 Å². The van der Waals surface area contributed by atoms with Crippen LogP contribution in [0.1, 0.15) is 55.6 Å². The van der Waals surface area contributed by atoms with Crippen molar-refractivity contribution < 1.29 is 4.39 Å². The van der Waals surface area contributed by atoms with Crippen LogP contribution in [0.15, 0.2) is 42.7 Å². The number of aromatic amines is 2. The quantitative estimate of drug-likeness (QED) is 0.400. The van der Waals surface area contributed by atoms with Crippen molar-refractivity contribution in [3.8, 4) is 0 Å². The first kappa shape index (κ1) is 21.6. The maximum atomic E-state index is 15.1. The fourth-order valence-corrected chi connectivity index (χ4v) is 6.78. The Morgan fingerprint density at radius 2 is 1.94 bits per heavy atom. The molecule has 35 heavy (non-hydrogen) atoms. The fraction of sp³-hybridized carbons (Fsp3) is 0.483. The Labute approximate surface area is 205 Å². The minimum absolute atomic E-state index is 0.0543. The van der Waals surface area contributed by atoms with Crippen LogP contribution >= 0.6 is 0 Å². The van der Waals surface area contributed by atoms with Crippen LogP contribution in [0, 0.1) is 11.8 Å². The molecule has 5 nitrogen and oxygen atoms in total. The van der Waals surface area contributed by atoms with Crippen LogP contribution in [0.5, 0.6) is 0 Å². The second-order valence-electron chi connectivity index (χ2n) is 11.8. The van der Waals surface area contributed by atoms with Crippen LogP contribution in [0.2, 0.25) is 0 Å². The molecule has 0 amide bonds. The summed E-state index contributed by atoms with van der Waals surface area (Å²) < 4.78 is 15.1. The largest absolute Gasteiger partial charge is 0.357 e. The number of aromatic nitrogens is 3. The molecule has 1 saturated heterocycles. The Hall–Kier alpha value is -2.70. The Balaban J connectivity index is 1.34. The molecule has 0 bridgehead atoms. The summed E-state index contributed by atoms with van der Waals surface area (Å²) in [5, 5.41) is 2.43. The van der Waals surface area contributed by atoms with Gasteiger partial charge in [-0.3, -0.25) is 9.80 Å². The predicted octanol–water partition coefficient (Wildman–Crippen LogP) is 5.58. The maximum Gasteiger partial charge on any atom is 0.137 e. The number of halogens is 1. The molecule has 3 aliphatic rings. The van der Waals surface area contributed by atoms with E-state index in [0.717, 1.165) is 41.4 Å². The van der Waals surface area contributed by atoms with Gasteiger partial charge in [-0.1, -0.05) is 18.2 Å². The highest BCUT2D eigenvalue weighted by Gasteiger charge is 2.45. The molecule has 2 unspecified atom stereocenters.